The number of hydrogen-bond donors (Lipinski definition) is 1. The quantitative estimate of drug-likeness (QED) is 0.632. The molecular weight excluding hydrogens is 396 g/mol. The molecule has 1 aromatic carbocycles. The smallest absolute Gasteiger partial charge is 0.255 e. The van der Waals surface area contributed by atoms with E-state index in [-0.39, 0.29) is 17.1 Å². The first-order valence-corrected chi connectivity index (χ1v) is 8.35. The Hall–Kier alpha value is -2.05. The fourth-order valence-corrected chi connectivity index (χ4v) is 2.88. The van der Waals surface area contributed by atoms with Crippen LogP contribution in [0.25, 0.3) is 11.0 Å². The Morgan fingerprint density at radius 2 is 2.21 bits per heavy atom. The van der Waals surface area contributed by atoms with Gasteiger partial charge in [-0.3, -0.25) is 4.79 Å². The molecule has 1 amide bonds. The minimum atomic E-state index is -0.343. The summed E-state index contributed by atoms with van der Waals surface area (Å²) in [4.78, 5) is 16.4. The average Bonchev–Trinajstić information content (AvgIpc) is 3.01. The summed E-state index contributed by atoms with van der Waals surface area (Å²) in [5.74, 6) is 0.951. The first-order chi connectivity index (χ1) is 11.5. The molecule has 2 heterocycles. The van der Waals surface area contributed by atoms with Gasteiger partial charge in [0.05, 0.1) is 18.7 Å². The lowest BCUT2D eigenvalue weighted by molar-refractivity contribution is 0.0935. The molecule has 0 saturated heterocycles. The maximum Gasteiger partial charge on any atom is 0.255 e. The SMILES string of the molecule is COc1cccc2cc(C(C)NC(=O)c3cc(Br)cnc3Cl)oc12. The zero-order valence-corrected chi connectivity index (χ0v) is 15.3. The van der Waals surface area contributed by atoms with Crippen LogP contribution in [0.4, 0.5) is 0 Å². The normalized spacial score (nSPS) is 12.2. The summed E-state index contributed by atoms with van der Waals surface area (Å²) in [6.45, 7) is 1.83. The van der Waals surface area contributed by atoms with Gasteiger partial charge >= 0.3 is 0 Å². The zero-order chi connectivity index (χ0) is 17.3. The Bertz CT molecular complexity index is 910. The minimum absolute atomic E-state index is 0.147. The predicted molar refractivity (Wildman–Crippen MR) is 95.6 cm³/mol. The van der Waals surface area contributed by atoms with E-state index in [1.807, 2.05) is 31.2 Å². The third-order valence-electron chi connectivity index (χ3n) is 3.57. The maximum absolute atomic E-state index is 12.4. The highest BCUT2D eigenvalue weighted by Gasteiger charge is 2.19. The zero-order valence-electron chi connectivity index (χ0n) is 13.0. The number of para-hydroxylation sites is 1. The van der Waals surface area contributed by atoms with Gasteiger partial charge in [-0.1, -0.05) is 23.7 Å². The molecule has 0 saturated carbocycles. The number of carbonyl (C=O) groups is 1. The summed E-state index contributed by atoms with van der Waals surface area (Å²) < 4.78 is 11.8. The van der Waals surface area contributed by atoms with Crippen molar-refractivity contribution in [1.29, 1.82) is 0 Å². The van der Waals surface area contributed by atoms with Gasteiger partial charge in [0, 0.05) is 16.1 Å². The molecule has 0 bridgehead atoms. The first kappa shape index (κ1) is 16.8. The van der Waals surface area contributed by atoms with Gasteiger partial charge in [-0.25, -0.2) is 4.98 Å². The first-order valence-electron chi connectivity index (χ1n) is 7.18. The van der Waals surface area contributed by atoms with E-state index in [4.69, 9.17) is 20.8 Å². The van der Waals surface area contributed by atoms with Gasteiger partial charge in [-0.15, -0.1) is 0 Å². The lowest BCUT2D eigenvalue weighted by Crippen LogP contribution is -2.26. The van der Waals surface area contributed by atoms with Crippen LogP contribution < -0.4 is 10.1 Å². The molecule has 0 aliphatic rings. The van der Waals surface area contributed by atoms with Crippen LogP contribution in [0.15, 0.2) is 45.4 Å². The molecule has 0 spiro atoms. The number of amides is 1. The van der Waals surface area contributed by atoms with Crippen molar-refractivity contribution >= 4 is 44.4 Å². The number of halogens is 2. The van der Waals surface area contributed by atoms with Crippen LogP contribution in [0.5, 0.6) is 5.75 Å². The largest absolute Gasteiger partial charge is 0.493 e. The molecule has 5 nitrogen and oxygen atoms in total. The fraction of sp³-hybridized carbons (Fsp3) is 0.176. The van der Waals surface area contributed by atoms with Gasteiger partial charge in [0.2, 0.25) is 0 Å². The van der Waals surface area contributed by atoms with Crippen molar-refractivity contribution in [2.75, 3.05) is 7.11 Å². The third-order valence-corrected chi connectivity index (χ3v) is 4.31. The van der Waals surface area contributed by atoms with E-state index in [2.05, 4.69) is 26.2 Å². The number of furan rings is 1. The van der Waals surface area contributed by atoms with Gasteiger partial charge in [0.1, 0.15) is 10.9 Å². The summed E-state index contributed by atoms with van der Waals surface area (Å²) in [5, 5.41) is 3.92. The number of rotatable bonds is 4. The van der Waals surface area contributed by atoms with Crippen LogP contribution in [0.2, 0.25) is 5.15 Å². The number of methoxy groups -OCH3 is 1. The number of ether oxygens (including phenoxy) is 1. The molecule has 1 unspecified atom stereocenters. The molecule has 1 N–H and O–H groups in total. The lowest BCUT2D eigenvalue weighted by atomic mass is 10.2. The number of aromatic nitrogens is 1. The maximum atomic E-state index is 12.4. The number of hydrogen-bond acceptors (Lipinski definition) is 4. The molecule has 1 atom stereocenters. The number of benzene rings is 1. The molecule has 2 aromatic heterocycles. The Morgan fingerprint density at radius 1 is 1.42 bits per heavy atom. The van der Waals surface area contributed by atoms with Gasteiger partial charge in [0.15, 0.2) is 11.3 Å². The van der Waals surface area contributed by atoms with Gasteiger partial charge < -0.3 is 14.5 Å². The van der Waals surface area contributed by atoms with E-state index in [0.29, 0.717) is 27.1 Å². The molecule has 3 aromatic rings. The second-order valence-electron chi connectivity index (χ2n) is 5.21. The molecule has 0 aliphatic carbocycles. The van der Waals surface area contributed by atoms with E-state index in [1.54, 1.807) is 13.2 Å². The second-order valence-corrected chi connectivity index (χ2v) is 6.49. The summed E-state index contributed by atoms with van der Waals surface area (Å²) in [6, 6.07) is 8.80. The molecular formula is C17H14BrClN2O3. The third kappa shape index (κ3) is 3.25. The van der Waals surface area contributed by atoms with Crippen molar-refractivity contribution in [3.63, 3.8) is 0 Å². The highest BCUT2D eigenvalue weighted by Crippen LogP contribution is 2.31. The van der Waals surface area contributed by atoms with Gasteiger partial charge in [-0.05, 0) is 41.1 Å². The molecule has 0 fully saturated rings. The van der Waals surface area contributed by atoms with Gasteiger partial charge in [-0.2, -0.15) is 0 Å². The topological polar surface area (TPSA) is 64.4 Å². The van der Waals surface area contributed by atoms with E-state index in [9.17, 15) is 4.79 Å². The summed E-state index contributed by atoms with van der Waals surface area (Å²) >= 11 is 9.27. The van der Waals surface area contributed by atoms with Gasteiger partial charge in [0.25, 0.3) is 5.91 Å². The Kier molecular flexibility index (Phi) is 4.78. The number of pyridine rings is 1. The minimum Gasteiger partial charge on any atom is -0.493 e. The van der Waals surface area contributed by atoms with E-state index in [1.165, 1.54) is 6.20 Å². The Labute approximate surface area is 152 Å². The highest BCUT2D eigenvalue weighted by molar-refractivity contribution is 9.10. The molecule has 124 valence electrons. The van der Waals surface area contributed by atoms with Crippen molar-refractivity contribution in [2.45, 2.75) is 13.0 Å². The molecule has 3 rings (SSSR count). The van der Waals surface area contributed by atoms with Crippen LogP contribution in [0.3, 0.4) is 0 Å². The van der Waals surface area contributed by atoms with Crippen molar-refractivity contribution in [1.82, 2.24) is 10.3 Å². The van der Waals surface area contributed by atoms with Crippen LogP contribution in [-0.4, -0.2) is 18.0 Å². The predicted octanol–water partition coefficient (Wildman–Crippen LogP) is 4.74. The molecule has 0 aliphatic heterocycles. The summed E-state index contributed by atoms with van der Waals surface area (Å²) in [5.41, 5.74) is 0.949. The number of carbonyl (C=O) groups excluding carboxylic acids is 1. The van der Waals surface area contributed by atoms with E-state index in [0.717, 1.165) is 5.39 Å². The van der Waals surface area contributed by atoms with Crippen LogP contribution >= 0.6 is 27.5 Å². The highest BCUT2D eigenvalue weighted by atomic mass is 79.9. The van der Waals surface area contributed by atoms with Crippen LogP contribution in [0, 0.1) is 0 Å². The van der Waals surface area contributed by atoms with Crippen LogP contribution in [-0.2, 0) is 0 Å². The standard InChI is InChI=1S/C17H14BrClN2O3/c1-9(21-17(22)12-7-11(18)8-20-16(12)19)14-6-10-4-3-5-13(23-2)15(10)24-14/h3-9H,1-2H3,(H,21,22). The summed E-state index contributed by atoms with van der Waals surface area (Å²) in [6.07, 6.45) is 1.54. The fourth-order valence-electron chi connectivity index (χ4n) is 2.36. The van der Waals surface area contributed by atoms with E-state index < -0.39 is 0 Å². The van der Waals surface area contributed by atoms with Crippen molar-refractivity contribution in [3.8, 4) is 5.75 Å². The lowest BCUT2D eigenvalue weighted by Gasteiger charge is -2.12. The molecule has 7 heteroatoms. The molecule has 0 radical (unpaired) electrons. The second kappa shape index (κ2) is 6.83. The number of nitrogens with zero attached hydrogens (tertiary/aromatic N) is 1. The Morgan fingerprint density at radius 3 is 2.96 bits per heavy atom. The van der Waals surface area contributed by atoms with Crippen LogP contribution in [0.1, 0.15) is 29.1 Å². The number of fused-ring (bicyclic) bond motifs is 1. The monoisotopic (exact) mass is 408 g/mol. The number of nitrogens with one attached hydrogen (secondary N) is 1. The van der Waals surface area contributed by atoms with Crippen molar-refractivity contribution in [2.24, 2.45) is 0 Å². The van der Waals surface area contributed by atoms with Crippen molar-refractivity contribution < 1.29 is 13.9 Å². The molecule has 24 heavy (non-hydrogen) atoms. The van der Waals surface area contributed by atoms with Crippen molar-refractivity contribution in [3.05, 3.63) is 57.5 Å². The summed E-state index contributed by atoms with van der Waals surface area (Å²) in [7, 11) is 1.59. The average molecular weight is 410 g/mol. The van der Waals surface area contributed by atoms with E-state index >= 15 is 0 Å². The Balaban J connectivity index is 1.85.